The summed E-state index contributed by atoms with van der Waals surface area (Å²) >= 11 is 2.74. The van der Waals surface area contributed by atoms with Crippen LogP contribution in [0.25, 0.3) is 20.2 Å². The minimum atomic E-state index is -1.27. The topological polar surface area (TPSA) is 59.1 Å². The number of anilines is 12. The SMILES string of the molecule is CC(C)(C)c1ccc2sc3c(c2c1)Oc1cc(N(c2c(F)cccc2F)c2c(F)cccc2F)cc2c1B3c1cc3c(cc1O2)Oc1cc(N(c2c(F)cccc2F)c2c(F)cccc2F)cc2c1B3c1cc3c(cc1O2)N(c1c(F)cccc1F)c1cc(N(c2c(F)cccc2F)c2c(F)cccc2F)cc2c1B3c1sc3ccc(C(C)(C)C)cc3c1O2. The van der Waals surface area contributed by atoms with Gasteiger partial charge in [-0.3, -0.25) is 14.7 Å². The molecule has 0 radical (unpaired) electrons. The number of halogens is 14. The molecule has 124 heavy (non-hydrogen) atoms. The van der Waals surface area contributed by atoms with Gasteiger partial charge in [0.05, 0.1) is 17.1 Å². The third-order valence-corrected chi connectivity index (χ3v) is 26.2. The molecule has 0 N–H and O–H groups in total. The van der Waals surface area contributed by atoms with Gasteiger partial charge < -0.3 is 28.6 Å². The average Bonchev–Trinajstić information content (AvgIpc) is 0.893. The molecule has 0 saturated carbocycles. The fourth-order valence-electron chi connectivity index (χ4n) is 18.2. The molecule has 0 spiro atoms. The summed E-state index contributed by atoms with van der Waals surface area (Å²) in [6.45, 7) is 9.07. The molecule has 0 fully saturated rings. The van der Waals surface area contributed by atoms with Crippen molar-refractivity contribution in [1.29, 1.82) is 0 Å². The second kappa shape index (κ2) is 27.5. The summed E-state index contributed by atoms with van der Waals surface area (Å²) in [5, 5.41) is 1.27. The van der Waals surface area contributed by atoms with Crippen LogP contribution in [0.5, 0.6) is 57.5 Å². The highest BCUT2D eigenvalue weighted by atomic mass is 32.1. The minimum Gasteiger partial charge on any atom is -0.458 e. The summed E-state index contributed by atoms with van der Waals surface area (Å²) in [5.41, 5.74) is -4.11. The number of rotatable bonds is 10. The normalized spacial score (nSPS) is 13.4. The summed E-state index contributed by atoms with van der Waals surface area (Å²) in [4.78, 5) is 3.35. The molecule has 6 aliphatic rings. The Morgan fingerprint density at radius 2 is 0.565 bits per heavy atom. The van der Waals surface area contributed by atoms with Gasteiger partial charge in [-0.2, -0.15) is 0 Å². The maximum atomic E-state index is 17.9. The summed E-state index contributed by atoms with van der Waals surface area (Å²) in [5.74, 6) is -16.9. The Morgan fingerprint density at radius 3 is 0.919 bits per heavy atom. The van der Waals surface area contributed by atoms with Crippen molar-refractivity contribution in [2.45, 2.75) is 52.4 Å². The van der Waals surface area contributed by atoms with E-state index in [2.05, 4.69) is 0 Å². The van der Waals surface area contributed by atoms with Gasteiger partial charge in [-0.05, 0) is 165 Å². The Labute approximate surface area is 706 Å². The molecule has 0 unspecified atom stereocenters. The van der Waals surface area contributed by atoms with Crippen LogP contribution in [-0.2, 0) is 10.8 Å². The Balaban J connectivity index is 0.830. The average molecular weight is 1710 g/mol. The van der Waals surface area contributed by atoms with Gasteiger partial charge in [-0.1, -0.05) is 108 Å². The van der Waals surface area contributed by atoms with Gasteiger partial charge in [-0.25, -0.2) is 61.5 Å². The maximum absolute atomic E-state index is 17.9. The first-order valence-electron chi connectivity index (χ1n) is 39.2. The largest absolute Gasteiger partial charge is 0.458 e. The van der Waals surface area contributed by atoms with Gasteiger partial charge in [0.2, 0.25) is 0 Å². The minimum absolute atomic E-state index is 0.0113. The number of benzene rings is 14. The van der Waals surface area contributed by atoms with Gasteiger partial charge in [-0.15, -0.1) is 22.7 Å². The molecule has 0 atom stereocenters. The fourth-order valence-corrected chi connectivity index (χ4v) is 20.7. The van der Waals surface area contributed by atoms with Gasteiger partial charge in [0.15, 0.2) is 0 Å². The molecule has 0 amide bonds. The van der Waals surface area contributed by atoms with Crippen LogP contribution in [0.3, 0.4) is 0 Å². The lowest BCUT2D eigenvalue weighted by molar-refractivity contribution is 0.452. The number of thiophene rings is 2. The van der Waals surface area contributed by atoms with E-state index in [0.717, 1.165) is 148 Å². The van der Waals surface area contributed by atoms with Gasteiger partial charge in [0.1, 0.15) is 179 Å². The number of hydrogen-bond acceptors (Lipinski definition) is 11. The second-order valence-electron chi connectivity index (χ2n) is 33.1. The molecule has 8 heterocycles. The fraction of sp³-hybridized carbons (Fsp3) is 0.0833. The molecule has 28 heteroatoms. The smallest absolute Gasteiger partial charge is 0.273 e. The lowest BCUT2D eigenvalue weighted by atomic mass is 9.31. The van der Waals surface area contributed by atoms with Crippen LogP contribution in [0.2, 0.25) is 0 Å². The van der Waals surface area contributed by atoms with Crippen LogP contribution in [0, 0.1) is 81.4 Å². The highest BCUT2D eigenvalue weighted by molar-refractivity contribution is 7.34. The van der Waals surface area contributed by atoms with E-state index in [0.29, 0.717) is 67.9 Å². The van der Waals surface area contributed by atoms with Gasteiger partial charge >= 0.3 is 0 Å². The zero-order valence-electron chi connectivity index (χ0n) is 65.5. The van der Waals surface area contributed by atoms with Crippen LogP contribution in [0.4, 0.5) is 130 Å². The second-order valence-corrected chi connectivity index (χ2v) is 35.3. The predicted molar refractivity (Wildman–Crippen MR) is 459 cm³/mol. The van der Waals surface area contributed by atoms with E-state index in [1.165, 1.54) is 70.0 Å². The van der Waals surface area contributed by atoms with Crippen LogP contribution < -0.4 is 91.1 Å². The van der Waals surface area contributed by atoms with Crippen LogP contribution in [0.15, 0.2) is 224 Å². The van der Waals surface area contributed by atoms with Crippen LogP contribution in [0.1, 0.15) is 52.7 Å². The molecule has 6 aliphatic heterocycles. The molecule has 0 bridgehead atoms. The third-order valence-electron chi connectivity index (χ3n) is 23.8. The van der Waals surface area contributed by atoms with Crippen molar-refractivity contribution in [3.05, 3.63) is 317 Å². The predicted octanol–water partition coefficient (Wildman–Crippen LogP) is 22.9. The standard InChI is InChI=1S/C96H55B3F14N4O5S2/c1-95(2,3)44-28-30-79-49(32-44)91-93(123-79)98-51-40-52-71(42-69(51)117(90-67(112)26-13-27-68(90)113)70-34-46(35-74(121-91)81(70)98)114(84-55(100)14-7-15-56(84)101)85-57(102)16-8-17-58(85)103)118-75-36-47(115(86-59(104)18-9-19-60(86)105)87-61(106)20-10-21-62(87)107)37-76-82(75)97(52)53-41-54-73(43-72(53)119-76)120-77-38-48(116(88-63(108)22-11-23-64(88)109)89-65(110)24-12-25-66(89)111)39-78-83(77)99(54)94-92(122-78)50-33-45(96(4,5)6)29-31-80(50)124-94/h7-43H,1-6H3. The first-order chi connectivity index (χ1) is 59.5. The number of para-hydroxylation sites is 7. The first kappa shape index (κ1) is 76.5. The molecular weight excluding hydrogens is 1650 g/mol. The number of nitrogens with zero attached hydrogens (tertiary/aromatic N) is 4. The van der Waals surface area contributed by atoms with Crippen LogP contribution in [-0.4, -0.2) is 20.1 Å². The summed E-state index contributed by atoms with van der Waals surface area (Å²) in [6.07, 6.45) is 0. The molecule has 14 aromatic carbocycles. The van der Waals surface area contributed by atoms with E-state index >= 15 is 61.5 Å². The molecule has 608 valence electrons. The zero-order valence-corrected chi connectivity index (χ0v) is 67.2. The molecule has 2 aromatic heterocycles. The van der Waals surface area contributed by atoms with Crippen molar-refractivity contribution in [3.63, 3.8) is 0 Å². The Bertz CT molecular complexity index is 7150. The van der Waals surface area contributed by atoms with Crippen molar-refractivity contribution >= 4 is 179 Å². The molecular formula is C96H55B3F14N4O5S2. The lowest BCUT2D eigenvalue weighted by Crippen LogP contribution is -2.63. The van der Waals surface area contributed by atoms with E-state index < -0.39 is 152 Å². The summed E-state index contributed by atoms with van der Waals surface area (Å²) in [7, 11) is 0. The molecule has 9 nitrogen and oxygen atoms in total. The monoisotopic (exact) mass is 1710 g/mol. The number of ether oxygens (including phenoxy) is 5. The van der Waals surface area contributed by atoms with Crippen molar-refractivity contribution in [3.8, 4) is 57.5 Å². The highest BCUT2D eigenvalue weighted by Gasteiger charge is 2.52. The van der Waals surface area contributed by atoms with Gasteiger partial charge in [0.25, 0.3) is 20.1 Å². The zero-order chi connectivity index (χ0) is 85.6. The summed E-state index contributed by atoms with van der Waals surface area (Å²) < 4.78 is 276. The van der Waals surface area contributed by atoms with E-state index in [9.17, 15) is 0 Å². The third kappa shape index (κ3) is 11.5. The Kier molecular flexibility index (Phi) is 16.9. The number of fused-ring (bicyclic) bond motifs is 16. The summed E-state index contributed by atoms with van der Waals surface area (Å²) in [6, 6.07) is 47.1. The molecule has 16 aromatic rings. The van der Waals surface area contributed by atoms with Crippen molar-refractivity contribution in [2.75, 3.05) is 19.6 Å². The Morgan fingerprint density at radius 1 is 0.274 bits per heavy atom. The quantitative estimate of drug-likeness (QED) is 0.0984. The van der Waals surface area contributed by atoms with Crippen molar-refractivity contribution in [2.24, 2.45) is 0 Å². The van der Waals surface area contributed by atoms with E-state index in [4.69, 9.17) is 23.7 Å². The maximum Gasteiger partial charge on any atom is 0.273 e. The van der Waals surface area contributed by atoms with Crippen molar-refractivity contribution < 1.29 is 85.2 Å². The van der Waals surface area contributed by atoms with E-state index in [-0.39, 0.29) is 91.1 Å². The van der Waals surface area contributed by atoms with Crippen LogP contribution >= 0.6 is 22.7 Å². The molecule has 0 saturated heterocycles. The Hall–Kier alpha value is -13.6. The number of hydrogen-bond donors (Lipinski definition) is 0. The molecule has 22 rings (SSSR count). The highest BCUT2D eigenvalue weighted by Crippen LogP contribution is 2.55. The molecule has 0 aliphatic carbocycles. The lowest BCUT2D eigenvalue weighted by Gasteiger charge is -2.42. The van der Waals surface area contributed by atoms with Crippen molar-refractivity contribution in [1.82, 2.24) is 0 Å². The van der Waals surface area contributed by atoms with E-state index in [1.807, 2.05) is 84.0 Å². The van der Waals surface area contributed by atoms with Gasteiger partial charge in [0, 0.05) is 94.5 Å². The van der Waals surface area contributed by atoms with E-state index in [1.54, 1.807) is 12.1 Å². The first-order valence-corrected chi connectivity index (χ1v) is 40.9.